The largest absolute Gasteiger partial charge is 0.351 e. The number of amidine groups is 1. The molecule has 1 aromatic carbocycles. The lowest BCUT2D eigenvalue weighted by Gasteiger charge is -2.16. The van der Waals surface area contributed by atoms with E-state index in [2.05, 4.69) is 25.5 Å². The van der Waals surface area contributed by atoms with Crippen molar-refractivity contribution in [2.45, 2.75) is 31.4 Å². The van der Waals surface area contributed by atoms with Crippen LogP contribution in [0.5, 0.6) is 0 Å². The van der Waals surface area contributed by atoms with Gasteiger partial charge in [-0.15, -0.1) is 11.3 Å². The average Bonchev–Trinajstić information content (AvgIpc) is 3.45. The van der Waals surface area contributed by atoms with E-state index >= 15 is 0 Å². The van der Waals surface area contributed by atoms with Gasteiger partial charge in [-0.25, -0.2) is 4.98 Å². The van der Waals surface area contributed by atoms with E-state index in [1.54, 1.807) is 30.5 Å². The summed E-state index contributed by atoms with van der Waals surface area (Å²) in [7, 11) is 0. The zero-order valence-corrected chi connectivity index (χ0v) is 18.0. The molecule has 156 valence electrons. The molecule has 3 heterocycles. The van der Waals surface area contributed by atoms with Gasteiger partial charge in [0.15, 0.2) is 10.3 Å². The van der Waals surface area contributed by atoms with E-state index in [1.165, 1.54) is 23.1 Å². The molecule has 10 heteroatoms. The number of aryl methyl sites for hydroxylation is 1. The van der Waals surface area contributed by atoms with Gasteiger partial charge in [-0.05, 0) is 44.0 Å². The molecule has 2 aromatic rings. The molecule has 1 unspecified atom stereocenters. The number of aliphatic imine (C=N–C) groups is 1. The van der Waals surface area contributed by atoms with E-state index < -0.39 is 5.25 Å². The van der Waals surface area contributed by atoms with E-state index in [4.69, 9.17) is 0 Å². The van der Waals surface area contributed by atoms with E-state index in [1.807, 2.05) is 6.92 Å². The number of nitrogens with zero attached hydrogens (tertiary/aromatic N) is 3. The summed E-state index contributed by atoms with van der Waals surface area (Å²) < 4.78 is 0. The number of likely N-dealkylation sites (tertiary alicyclic amines) is 1. The van der Waals surface area contributed by atoms with Crippen LogP contribution in [0.2, 0.25) is 0 Å². The minimum Gasteiger partial charge on any atom is -0.351 e. The smallest absolute Gasteiger partial charge is 0.262 e. The molecule has 0 bridgehead atoms. The highest BCUT2D eigenvalue weighted by molar-refractivity contribution is 8.15. The summed E-state index contributed by atoms with van der Waals surface area (Å²) in [5.41, 5.74) is 1.03. The molecule has 0 spiro atoms. The molecular weight excluding hydrogens is 422 g/mol. The molecule has 3 amide bonds. The SMILES string of the molecule is Cc1cnc(NC(=O)c2ccc(NC(=O)CC3SC(N4CCCC4)=NC3=O)cc2)s1. The Balaban J connectivity index is 1.28. The van der Waals surface area contributed by atoms with E-state index in [0.717, 1.165) is 36.0 Å². The number of carbonyl (C=O) groups excluding carboxylic acids is 3. The van der Waals surface area contributed by atoms with Crippen molar-refractivity contribution in [2.75, 3.05) is 23.7 Å². The highest BCUT2D eigenvalue weighted by atomic mass is 32.2. The topological polar surface area (TPSA) is 104 Å². The molecule has 1 fully saturated rings. The van der Waals surface area contributed by atoms with Gasteiger partial charge in [-0.3, -0.25) is 19.7 Å². The van der Waals surface area contributed by atoms with Gasteiger partial charge in [0.25, 0.3) is 11.8 Å². The minimum atomic E-state index is -0.479. The Kier molecular flexibility index (Phi) is 6.14. The minimum absolute atomic E-state index is 0.0655. The van der Waals surface area contributed by atoms with E-state index in [0.29, 0.717) is 16.4 Å². The number of hydrogen-bond acceptors (Lipinski definition) is 7. The highest BCUT2D eigenvalue weighted by Gasteiger charge is 2.33. The first-order valence-corrected chi connectivity index (χ1v) is 11.4. The number of thiazole rings is 1. The molecule has 1 saturated heterocycles. The van der Waals surface area contributed by atoms with Crippen LogP contribution in [0.1, 0.15) is 34.5 Å². The number of benzene rings is 1. The van der Waals surface area contributed by atoms with Gasteiger partial charge in [0.05, 0.1) is 0 Å². The van der Waals surface area contributed by atoms with Crippen molar-refractivity contribution in [1.82, 2.24) is 9.88 Å². The first-order chi connectivity index (χ1) is 14.5. The fourth-order valence-corrected chi connectivity index (χ4v) is 5.00. The Morgan fingerprint density at radius 1 is 1.17 bits per heavy atom. The fraction of sp³-hybridized carbons (Fsp3) is 0.350. The first kappa shape index (κ1) is 20.5. The molecule has 8 nitrogen and oxygen atoms in total. The summed E-state index contributed by atoms with van der Waals surface area (Å²) in [4.78, 5) is 48.1. The van der Waals surface area contributed by atoms with Gasteiger partial charge < -0.3 is 10.2 Å². The maximum Gasteiger partial charge on any atom is 0.262 e. The van der Waals surface area contributed by atoms with Crippen molar-refractivity contribution in [1.29, 1.82) is 0 Å². The van der Waals surface area contributed by atoms with Gasteiger partial charge in [0.2, 0.25) is 5.91 Å². The summed E-state index contributed by atoms with van der Waals surface area (Å²) in [6, 6.07) is 6.59. The molecule has 30 heavy (non-hydrogen) atoms. The van der Waals surface area contributed by atoms with Crippen LogP contribution in [0.3, 0.4) is 0 Å². The molecule has 2 N–H and O–H groups in total. The number of thioether (sulfide) groups is 1. The fourth-order valence-electron chi connectivity index (χ4n) is 3.22. The molecule has 0 radical (unpaired) electrons. The summed E-state index contributed by atoms with van der Waals surface area (Å²) in [6.07, 6.45) is 3.98. The van der Waals surface area contributed by atoms with Gasteiger partial charge in [0.1, 0.15) is 5.25 Å². The van der Waals surface area contributed by atoms with Crippen molar-refractivity contribution >= 4 is 56.8 Å². The van der Waals surface area contributed by atoms with Crippen LogP contribution in [0.4, 0.5) is 10.8 Å². The number of nitrogens with one attached hydrogen (secondary N) is 2. The number of amides is 3. The molecule has 0 aliphatic carbocycles. The number of rotatable bonds is 5. The second-order valence-corrected chi connectivity index (χ2v) is 9.50. The quantitative estimate of drug-likeness (QED) is 0.736. The molecule has 1 atom stereocenters. The third-order valence-corrected chi connectivity index (χ3v) is 6.79. The third kappa shape index (κ3) is 4.88. The lowest BCUT2D eigenvalue weighted by Crippen LogP contribution is -2.25. The van der Waals surface area contributed by atoms with Crippen LogP contribution in [0.25, 0.3) is 0 Å². The van der Waals surface area contributed by atoms with Gasteiger partial charge in [-0.1, -0.05) is 11.8 Å². The first-order valence-electron chi connectivity index (χ1n) is 9.66. The normalized spacial score (nSPS) is 18.4. The van der Waals surface area contributed by atoms with Crippen molar-refractivity contribution in [3.63, 3.8) is 0 Å². The molecular formula is C20H21N5O3S2. The van der Waals surface area contributed by atoms with Crippen molar-refractivity contribution < 1.29 is 14.4 Å². The molecule has 2 aliphatic rings. The number of carbonyl (C=O) groups is 3. The maximum atomic E-state index is 12.4. The van der Waals surface area contributed by atoms with E-state index in [9.17, 15) is 14.4 Å². The summed E-state index contributed by atoms with van der Waals surface area (Å²) in [5.74, 6) is -0.766. The number of anilines is 2. The van der Waals surface area contributed by atoms with Crippen LogP contribution < -0.4 is 10.6 Å². The zero-order chi connectivity index (χ0) is 21.1. The Bertz CT molecular complexity index is 996. The van der Waals surface area contributed by atoms with Gasteiger partial charge >= 0.3 is 0 Å². The lowest BCUT2D eigenvalue weighted by atomic mass is 10.2. The third-order valence-electron chi connectivity index (χ3n) is 4.75. The maximum absolute atomic E-state index is 12.4. The van der Waals surface area contributed by atoms with Crippen LogP contribution >= 0.6 is 23.1 Å². The highest BCUT2D eigenvalue weighted by Crippen LogP contribution is 2.29. The summed E-state index contributed by atoms with van der Waals surface area (Å²) in [5, 5.41) is 6.33. The molecule has 4 rings (SSSR count). The van der Waals surface area contributed by atoms with Crippen LogP contribution in [-0.2, 0) is 9.59 Å². The van der Waals surface area contributed by atoms with Crippen LogP contribution in [0.15, 0.2) is 35.5 Å². The average molecular weight is 444 g/mol. The standard InChI is InChI=1S/C20H21N5O3S2/c1-12-11-21-19(29-12)23-17(27)13-4-6-14(7-5-13)22-16(26)10-15-18(28)24-20(30-15)25-8-2-3-9-25/h4-7,11,15H,2-3,8-10H2,1H3,(H,22,26)(H,21,23,27). The van der Waals surface area contributed by atoms with E-state index in [-0.39, 0.29) is 24.1 Å². The van der Waals surface area contributed by atoms with Gasteiger partial charge in [-0.2, -0.15) is 4.99 Å². The van der Waals surface area contributed by atoms with Crippen molar-refractivity contribution in [3.8, 4) is 0 Å². The number of hydrogen-bond donors (Lipinski definition) is 2. The zero-order valence-electron chi connectivity index (χ0n) is 16.4. The van der Waals surface area contributed by atoms with Crippen molar-refractivity contribution in [2.24, 2.45) is 4.99 Å². The second kappa shape index (κ2) is 8.97. The molecule has 2 aliphatic heterocycles. The number of aromatic nitrogens is 1. The Labute approximate surface area is 182 Å². The van der Waals surface area contributed by atoms with Crippen LogP contribution in [-0.4, -0.2) is 51.1 Å². The lowest BCUT2D eigenvalue weighted by molar-refractivity contribution is -0.121. The molecule has 1 aromatic heterocycles. The van der Waals surface area contributed by atoms with Gasteiger partial charge in [0, 0.05) is 41.8 Å². The predicted octanol–water partition coefficient (Wildman–Crippen LogP) is 3.13. The summed E-state index contributed by atoms with van der Waals surface area (Å²) in [6.45, 7) is 3.75. The molecule has 0 saturated carbocycles. The Morgan fingerprint density at radius 2 is 1.90 bits per heavy atom. The predicted molar refractivity (Wildman–Crippen MR) is 119 cm³/mol. The monoisotopic (exact) mass is 443 g/mol. The Morgan fingerprint density at radius 3 is 2.57 bits per heavy atom. The summed E-state index contributed by atoms with van der Waals surface area (Å²) >= 11 is 2.78. The Hall–Kier alpha value is -2.72. The van der Waals surface area contributed by atoms with Crippen molar-refractivity contribution in [3.05, 3.63) is 40.9 Å². The van der Waals surface area contributed by atoms with Crippen LogP contribution in [0, 0.1) is 6.92 Å². The second-order valence-electron chi connectivity index (χ2n) is 7.09.